The maximum atomic E-state index is 5.14. The highest BCUT2D eigenvalue weighted by atomic mass is 16.6. The lowest BCUT2D eigenvalue weighted by molar-refractivity contribution is 0.0851. The molecular formula is C11H21NO. The third kappa shape index (κ3) is 2.44. The third-order valence-corrected chi connectivity index (χ3v) is 3.90. The van der Waals surface area contributed by atoms with Crippen molar-refractivity contribution in [1.29, 1.82) is 0 Å². The van der Waals surface area contributed by atoms with E-state index in [1.165, 1.54) is 51.4 Å². The molecule has 0 heterocycles. The molecule has 2 N–H and O–H groups in total. The van der Waals surface area contributed by atoms with E-state index in [1.807, 2.05) is 0 Å². The van der Waals surface area contributed by atoms with Crippen LogP contribution in [0.1, 0.15) is 51.4 Å². The molecule has 2 rings (SSSR count). The Labute approximate surface area is 80.8 Å². The molecule has 2 aliphatic carbocycles. The van der Waals surface area contributed by atoms with Gasteiger partial charge in [0, 0.05) is 0 Å². The summed E-state index contributed by atoms with van der Waals surface area (Å²) in [6.45, 7) is 0.791. The third-order valence-electron chi connectivity index (χ3n) is 3.90. The monoisotopic (exact) mass is 183 g/mol. The van der Waals surface area contributed by atoms with Crippen molar-refractivity contribution < 1.29 is 4.84 Å². The molecule has 76 valence electrons. The average Bonchev–Trinajstić information content (AvgIpc) is 2.71. The second-order valence-electron chi connectivity index (χ2n) is 5.00. The molecule has 0 aromatic heterocycles. The Bertz CT molecular complexity index is 159. The van der Waals surface area contributed by atoms with Gasteiger partial charge >= 0.3 is 0 Å². The number of rotatable bonds is 5. The quantitative estimate of drug-likeness (QED) is 0.665. The second kappa shape index (κ2) is 3.97. The van der Waals surface area contributed by atoms with Crippen molar-refractivity contribution >= 4 is 0 Å². The highest BCUT2D eigenvalue weighted by Gasteiger charge is 2.42. The van der Waals surface area contributed by atoms with E-state index in [9.17, 15) is 0 Å². The zero-order chi connectivity index (χ0) is 9.15. The zero-order valence-corrected chi connectivity index (χ0v) is 8.43. The summed E-state index contributed by atoms with van der Waals surface area (Å²) in [5.74, 6) is 6.16. The Kier molecular flexibility index (Phi) is 2.89. The lowest BCUT2D eigenvalue weighted by Gasteiger charge is -2.15. The fraction of sp³-hybridized carbons (Fsp3) is 1.00. The molecule has 0 aromatic carbocycles. The molecule has 2 fully saturated rings. The van der Waals surface area contributed by atoms with Crippen molar-refractivity contribution in [2.24, 2.45) is 17.2 Å². The highest BCUT2D eigenvalue weighted by molar-refractivity contribution is 4.93. The Balaban J connectivity index is 1.66. The first-order valence-corrected chi connectivity index (χ1v) is 5.66. The smallest absolute Gasteiger partial charge is 0.0735 e. The number of hydrogen-bond acceptors (Lipinski definition) is 2. The molecule has 0 aromatic rings. The standard InChI is InChI=1S/C11H21NO/c12-13-9-11(7-8-11)6-5-10-3-1-2-4-10/h10H,1-9,12H2. The molecule has 0 bridgehead atoms. The van der Waals surface area contributed by atoms with Crippen LogP contribution < -0.4 is 5.90 Å². The van der Waals surface area contributed by atoms with Gasteiger partial charge in [-0.3, -0.25) is 0 Å². The summed E-state index contributed by atoms with van der Waals surface area (Å²) in [6.07, 6.45) is 11.3. The molecule has 0 radical (unpaired) electrons. The van der Waals surface area contributed by atoms with E-state index in [4.69, 9.17) is 10.7 Å². The van der Waals surface area contributed by atoms with Crippen molar-refractivity contribution in [3.05, 3.63) is 0 Å². The molecule has 0 atom stereocenters. The molecule has 0 amide bonds. The van der Waals surface area contributed by atoms with Crippen LogP contribution in [0, 0.1) is 11.3 Å². The maximum absolute atomic E-state index is 5.14. The van der Waals surface area contributed by atoms with Crippen LogP contribution in [-0.4, -0.2) is 6.61 Å². The van der Waals surface area contributed by atoms with Gasteiger partial charge in [0.05, 0.1) is 6.61 Å². The van der Waals surface area contributed by atoms with E-state index in [1.54, 1.807) is 0 Å². The zero-order valence-electron chi connectivity index (χ0n) is 8.43. The summed E-state index contributed by atoms with van der Waals surface area (Å²) < 4.78 is 0. The van der Waals surface area contributed by atoms with E-state index >= 15 is 0 Å². The summed E-state index contributed by atoms with van der Waals surface area (Å²) >= 11 is 0. The minimum atomic E-state index is 0.511. The second-order valence-corrected chi connectivity index (χ2v) is 5.00. The van der Waals surface area contributed by atoms with Crippen LogP contribution in [0.5, 0.6) is 0 Å². The van der Waals surface area contributed by atoms with Gasteiger partial charge in [0.1, 0.15) is 0 Å². The van der Waals surface area contributed by atoms with E-state index in [-0.39, 0.29) is 0 Å². The SMILES string of the molecule is NOCC1(CCC2CCCC2)CC1. The van der Waals surface area contributed by atoms with Gasteiger partial charge in [-0.15, -0.1) is 0 Å². The normalized spacial score (nSPS) is 26.5. The van der Waals surface area contributed by atoms with Gasteiger partial charge in [-0.05, 0) is 37.0 Å². The van der Waals surface area contributed by atoms with Crippen molar-refractivity contribution in [2.75, 3.05) is 6.61 Å². The Morgan fingerprint density at radius 3 is 2.46 bits per heavy atom. The topological polar surface area (TPSA) is 35.2 Å². The Hall–Kier alpha value is -0.0800. The molecule has 13 heavy (non-hydrogen) atoms. The first-order chi connectivity index (χ1) is 6.35. The Morgan fingerprint density at radius 2 is 1.92 bits per heavy atom. The first kappa shape index (κ1) is 9.47. The summed E-state index contributed by atoms with van der Waals surface area (Å²) in [5, 5.41) is 0. The van der Waals surface area contributed by atoms with Gasteiger partial charge in [0.15, 0.2) is 0 Å². The summed E-state index contributed by atoms with van der Waals surface area (Å²) in [6, 6.07) is 0. The maximum Gasteiger partial charge on any atom is 0.0735 e. The number of nitrogens with two attached hydrogens (primary N) is 1. The Morgan fingerprint density at radius 1 is 1.23 bits per heavy atom. The van der Waals surface area contributed by atoms with Crippen LogP contribution in [-0.2, 0) is 4.84 Å². The first-order valence-electron chi connectivity index (χ1n) is 5.66. The molecule has 0 spiro atoms. The molecule has 0 unspecified atom stereocenters. The van der Waals surface area contributed by atoms with Crippen LogP contribution in [0.25, 0.3) is 0 Å². The molecule has 2 heteroatoms. The van der Waals surface area contributed by atoms with Crippen LogP contribution in [0.4, 0.5) is 0 Å². The van der Waals surface area contributed by atoms with E-state index in [0.29, 0.717) is 5.41 Å². The predicted molar refractivity (Wildman–Crippen MR) is 53.0 cm³/mol. The van der Waals surface area contributed by atoms with Gasteiger partial charge in [0.25, 0.3) is 0 Å². The van der Waals surface area contributed by atoms with E-state index in [0.717, 1.165) is 12.5 Å². The van der Waals surface area contributed by atoms with E-state index < -0.39 is 0 Å². The predicted octanol–water partition coefficient (Wildman–Crippen LogP) is 2.63. The molecule has 2 saturated carbocycles. The number of hydrogen-bond donors (Lipinski definition) is 1. The van der Waals surface area contributed by atoms with Gasteiger partial charge in [-0.2, -0.15) is 0 Å². The van der Waals surface area contributed by atoms with Gasteiger partial charge in [-0.1, -0.05) is 25.7 Å². The molecule has 0 aliphatic heterocycles. The van der Waals surface area contributed by atoms with Crippen LogP contribution in [0.3, 0.4) is 0 Å². The van der Waals surface area contributed by atoms with Crippen LogP contribution in [0.15, 0.2) is 0 Å². The fourth-order valence-electron chi connectivity index (χ4n) is 2.63. The minimum Gasteiger partial charge on any atom is -0.304 e. The lowest BCUT2D eigenvalue weighted by atomic mass is 9.93. The molecular weight excluding hydrogens is 162 g/mol. The van der Waals surface area contributed by atoms with Crippen LogP contribution >= 0.6 is 0 Å². The van der Waals surface area contributed by atoms with Crippen LogP contribution in [0.2, 0.25) is 0 Å². The lowest BCUT2D eigenvalue weighted by Crippen LogP contribution is -2.15. The summed E-state index contributed by atoms with van der Waals surface area (Å²) in [4.78, 5) is 4.78. The van der Waals surface area contributed by atoms with Gasteiger partial charge in [0.2, 0.25) is 0 Å². The van der Waals surface area contributed by atoms with Gasteiger partial charge < -0.3 is 4.84 Å². The van der Waals surface area contributed by atoms with Crippen molar-refractivity contribution in [1.82, 2.24) is 0 Å². The summed E-state index contributed by atoms with van der Waals surface area (Å²) in [7, 11) is 0. The van der Waals surface area contributed by atoms with E-state index in [2.05, 4.69) is 0 Å². The molecule has 0 saturated heterocycles. The van der Waals surface area contributed by atoms with Crippen molar-refractivity contribution in [3.8, 4) is 0 Å². The molecule has 2 nitrogen and oxygen atoms in total. The largest absolute Gasteiger partial charge is 0.304 e. The summed E-state index contributed by atoms with van der Waals surface area (Å²) in [5.41, 5.74) is 0.511. The minimum absolute atomic E-state index is 0.511. The van der Waals surface area contributed by atoms with Crippen molar-refractivity contribution in [3.63, 3.8) is 0 Å². The molecule has 2 aliphatic rings. The fourth-order valence-corrected chi connectivity index (χ4v) is 2.63. The highest BCUT2D eigenvalue weighted by Crippen LogP contribution is 2.50. The van der Waals surface area contributed by atoms with Crippen molar-refractivity contribution in [2.45, 2.75) is 51.4 Å². The van der Waals surface area contributed by atoms with Gasteiger partial charge in [-0.25, -0.2) is 5.90 Å². The average molecular weight is 183 g/mol.